The van der Waals surface area contributed by atoms with Gasteiger partial charge in [-0.2, -0.15) is 0 Å². The van der Waals surface area contributed by atoms with Gasteiger partial charge in [-0.05, 0) is 24.3 Å². The van der Waals surface area contributed by atoms with E-state index in [1.54, 1.807) is 12.3 Å². The smallest absolute Gasteiger partial charge is 0.198 e. The van der Waals surface area contributed by atoms with E-state index in [2.05, 4.69) is 4.98 Å². The Balaban J connectivity index is 2.73. The number of rotatable bonds is 0. The van der Waals surface area contributed by atoms with Crippen LogP contribution < -0.4 is 5.43 Å². The second-order valence-electron chi connectivity index (χ2n) is 3.78. The lowest BCUT2D eigenvalue weighted by atomic mass is 10.1. The first-order valence-corrected chi connectivity index (χ1v) is 5.11. The lowest BCUT2D eigenvalue weighted by Gasteiger charge is -2.08. The lowest BCUT2D eigenvalue weighted by Crippen LogP contribution is -2.09. The number of hydrogen-bond donors (Lipinski definition) is 0. The highest BCUT2D eigenvalue weighted by molar-refractivity contribution is 5.91. The Morgan fingerprint density at radius 3 is 2.69 bits per heavy atom. The summed E-state index contributed by atoms with van der Waals surface area (Å²) in [5.74, 6) is 0. The second-order valence-corrected chi connectivity index (χ2v) is 3.78. The summed E-state index contributed by atoms with van der Waals surface area (Å²) in [5, 5.41) is 1.41. The molecule has 0 fully saturated rings. The van der Waals surface area contributed by atoms with E-state index in [4.69, 9.17) is 0 Å². The molecule has 0 aliphatic heterocycles. The van der Waals surface area contributed by atoms with Crippen molar-refractivity contribution < 1.29 is 0 Å². The van der Waals surface area contributed by atoms with Gasteiger partial charge in [0, 0.05) is 18.6 Å². The van der Waals surface area contributed by atoms with Crippen molar-refractivity contribution in [2.75, 3.05) is 0 Å². The highest BCUT2D eigenvalue weighted by Gasteiger charge is 2.07. The van der Waals surface area contributed by atoms with Crippen LogP contribution in [0.15, 0.2) is 47.4 Å². The fourth-order valence-electron chi connectivity index (χ4n) is 2.06. The number of benzene rings is 1. The van der Waals surface area contributed by atoms with Crippen LogP contribution in [0.1, 0.15) is 0 Å². The van der Waals surface area contributed by atoms with Gasteiger partial charge in [0.1, 0.15) is 5.65 Å². The van der Waals surface area contributed by atoms with Gasteiger partial charge in [0.15, 0.2) is 5.43 Å². The minimum Gasteiger partial charge on any atom is -0.328 e. The first-order chi connectivity index (χ1) is 7.79. The summed E-state index contributed by atoms with van der Waals surface area (Å²) in [7, 11) is 1.93. The molecule has 0 saturated heterocycles. The number of nitrogens with zero attached hydrogens (tertiary/aromatic N) is 2. The van der Waals surface area contributed by atoms with E-state index in [-0.39, 0.29) is 5.43 Å². The van der Waals surface area contributed by atoms with Crippen molar-refractivity contribution >= 4 is 21.9 Å². The van der Waals surface area contributed by atoms with Crippen LogP contribution >= 0.6 is 0 Å². The molecule has 16 heavy (non-hydrogen) atoms. The molecule has 0 aliphatic carbocycles. The van der Waals surface area contributed by atoms with Gasteiger partial charge in [-0.15, -0.1) is 0 Å². The van der Waals surface area contributed by atoms with Crippen molar-refractivity contribution in [2.45, 2.75) is 0 Å². The first kappa shape index (κ1) is 9.09. The van der Waals surface area contributed by atoms with E-state index in [9.17, 15) is 4.79 Å². The molecule has 1 aromatic carbocycles. The molecule has 0 saturated carbocycles. The third-order valence-corrected chi connectivity index (χ3v) is 2.86. The lowest BCUT2D eigenvalue weighted by molar-refractivity contribution is 0.977. The minimum atomic E-state index is 0.0526. The summed E-state index contributed by atoms with van der Waals surface area (Å²) in [6.07, 6.45) is 1.70. The molecule has 2 heterocycles. The van der Waals surface area contributed by atoms with Crippen molar-refractivity contribution in [3.63, 3.8) is 0 Å². The highest BCUT2D eigenvalue weighted by atomic mass is 16.1. The maximum Gasteiger partial charge on any atom is 0.198 e. The van der Waals surface area contributed by atoms with E-state index in [0.717, 1.165) is 16.6 Å². The third kappa shape index (κ3) is 1.08. The van der Waals surface area contributed by atoms with Gasteiger partial charge in [-0.3, -0.25) is 4.79 Å². The largest absolute Gasteiger partial charge is 0.328 e. The molecule has 0 amide bonds. The molecule has 78 valence electrons. The minimum absolute atomic E-state index is 0.0526. The van der Waals surface area contributed by atoms with Gasteiger partial charge < -0.3 is 4.57 Å². The van der Waals surface area contributed by atoms with Crippen LogP contribution in [0.2, 0.25) is 0 Å². The third-order valence-electron chi connectivity index (χ3n) is 2.86. The Morgan fingerprint density at radius 1 is 1.06 bits per heavy atom. The molecule has 0 aliphatic rings. The van der Waals surface area contributed by atoms with E-state index in [0.29, 0.717) is 5.39 Å². The van der Waals surface area contributed by atoms with Gasteiger partial charge >= 0.3 is 0 Å². The fourth-order valence-corrected chi connectivity index (χ4v) is 2.06. The van der Waals surface area contributed by atoms with Crippen molar-refractivity contribution in [1.29, 1.82) is 0 Å². The standard InChI is InChI=1S/C13H10N2O/c1-15-11-7-3-2-5-9(11)12(16)10-6-4-8-14-13(10)15/h2-8H,1H3. The van der Waals surface area contributed by atoms with Gasteiger partial charge in [0.2, 0.25) is 0 Å². The van der Waals surface area contributed by atoms with Crippen molar-refractivity contribution in [3.05, 3.63) is 52.8 Å². The summed E-state index contributed by atoms with van der Waals surface area (Å²) in [6, 6.07) is 11.2. The van der Waals surface area contributed by atoms with E-state index in [1.165, 1.54) is 0 Å². The summed E-state index contributed by atoms with van der Waals surface area (Å²) in [5.41, 5.74) is 1.70. The Hall–Kier alpha value is -2.16. The zero-order valence-corrected chi connectivity index (χ0v) is 8.84. The molecule has 3 rings (SSSR count). The SMILES string of the molecule is Cn1c2ccccc2c(=O)c2cccnc21. The molecule has 0 spiro atoms. The summed E-state index contributed by atoms with van der Waals surface area (Å²) >= 11 is 0. The van der Waals surface area contributed by atoms with E-state index >= 15 is 0 Å². The van der Waals surface area contributed by atoms with Gasteiger partial charge in [0.25, 0.3) is 0 Å². The van der Waals surface area contributed by atoms with Crippen molar-refractivity contribution in [1.82, 2.24) is 9.55 Å². The number of aryl methyl sites for hydroxylation is 1. The number of hydrogen-bond acceptors (Lipinski definition) is 2. The molecular weight excluding hydrogens is 200 g/mol. The molecule has 0 unspecified atom stereocenters. The van der Waals surface area contributed by atoms with Gasteiger partial charge in [-0.25, -0.2) is 4.98 Å². The van der Waals surface area contributed by atoms with Crippen molar-refractivity contribution in [3.8, 4) is 0 Å². The molecule has 0 bridgehead atoms. The average Bonchev–Trinajstić information content (AvgIpc) is 2.36. The number of pyridine rings is 2. The zero-order chi connectivity index (χ0) is 11.1. The zero-order valence-electron chi connectivity index (χ0n) is 8.84. The van der Waals surface area contributed by atoms with Crippen LogP contribution in [0.25, 0.3) is 21.9 Å². The summed E-state index contributed by atoms with van der Waals surface area (Å²) in [6.45, 7) is 0. The van der Waals surface area contributed by atoms with Crippen LogP contribution in [-0.2, 0) is 7.05 Å². The Kier molecular flexibility index (Phi) is 1.80. The summed E-state index contributed by atoms with van der Waals surface area (Å²) in [4.78, 5) is 16.4. The van der Waals surface area contributed by atoms with E-state index < -0.39 is 0 Å². The van der Waals surface area contributed by atoms with Crippen molar-refractivity contribution in [2.24, 2.45) is 7.05 Å². The predicted molar refractivity (Wildman–Crippen MR) is 64.5 cm³/mol. The number of fused-ring (bicyclic) bond motifs is 2. The number of para-hydroxylation sites is 1. The van der Waals surface area contributed by atoms with Gasteiger partial charge in [0.05, 0.1) is 10.9 Å². The monoisotopic (exact) mass is 210 g/mol. The maximum atomic E-state index is 12.2. The molecule has 3 aromatic rings. The fraction of sp³-hybridized carbons (Fsp3) is 0.0769. The first-order valence-electron chi connectivity index (χ1n) is 5.11. The molecule has 0 radical (unpaired) electrons. The van der Waals surface area contributed by atoms with E-state index in [1.807, 2.05) is 41.9 Å². The Bertz CT molecular complexity index is 684. The number of aromatic nitrogens is 2. The van der Waals surface area contributed by atoms with Gasteiger partial charge in [-0.1, -0.05) is 12.1 Å². The van der Waals surface area contributed by atoms with Crippen LogP contribution in [0.5, 0.6) is 0 Å². The van der Waals surface area contributed by atoms with Crippen LogP contribution in [0.3, 0.4) is 0 Å². The van der Waals surface area contributed by atoms with Crippen LogP contribution in [0, 0.1) is 0 Å². The topological polar surface area (TPSA) is 34.9 Å². The normalized spacial score (nSPS) is 11.1. The molecule has 2 aromatic heterocycles. The Morgan fingerprint density at radius 2 is 1.81 bits per heavy atom. The highest BCUT2D eigenvalue weighted by Crippen LogP contribution is 2.15. The second kappa shape index (κ2) is 3.17. The molecule has 3 heteroatoms. The average molecular weight is 210 g/mol. The quantitative estimate of drug-likeness (QED) is 0.532. The molecule has 3 nitrogen and oxygen atoms in total. The Labute approximate surface area is 92.0 Å². The van der Waals surface area contributed by atoms with Crippen LogP contribution in [0.4, 0.5) is 0 Å². The summed E-state index contributed by atoms with van der Waals surface area (Å²) < 4.78 is 1.95. The van der Waals surface area contributed by atoms with Crippen LogP contribution in [-0.4, -0.2) is 9.55 Å². The predicted octanol–water partition coefficient (Wildman–Crippen LogP) is 2.09. The molecular formula is C13H10N2O. The molecule has 0 atom stereocenters. The maximum absolute atomic E-state index is 12.2. The molecule has 0 N–H and O–H groups in total.